The Labute approximate surface area is 134 Å². The lowest BCUT2D eigenvalue weighted by molar-refractivity contribution is 0.491. The van der Waals surface area contributed by atoms with Gasteiger partial charge in [0.2, 0.25) is 0 Å². The predicted molar refractivity (Wildman–Crippen MR) is 91.4 cm³/mol. The van der Waals surface area contributed by atoms with E-state index in [2.05, 4.69) is 23.2 Å². The van der Waals surface area contributed by atoms with Crippen molar-refractivity contribution < 1.29 is 0 Å². The lowest BCUT2D eigenvalue weighted by Gasteiger charge is -2.23. The first-order valence-electron chi connectivity index (χ1n) is 7.25. The molecule has 2 aromatic carbocycles. The smallest absolute Gasteiger partial charge is 0.152 e. The van der Waals surface area contributed by atoms with Crippen LogP contribution in [-0.4, -0.2) is 29.6 Å². The lowest BCUT2D eigenvalue weighted by Crippen LogP contribution is -2.28. The Bertz CT molecular complexity index is 789. The molecule has 0 amide bonds. The van der Waals surface area contributed by atoms with Gasteiger partial charge in [-0.2, -0.15) is 5.10 Å². The average molecular weight is 308 g/mol. The maximum absolute atomic E-state index is 5.98. The van der Waals surface area contributed by atoms with Crippen LogP contribution in [0.25, 0.3) is 5.57 Å². The van der Waals surface area contributed by atoms with Gasteiger partial charge in [0.1, 0.15) is 0 Å². The van der Waals surface area contributed by atoms with Crippen molar-refractivity contribution in [3.63, 3.8) is 0 Å². The van der Waals surface area contributed by atoms with Crippen LogP contribution in [0, 0.1) is 0 Å². The molecule has 0 N–H and O–H groups in total. The zero-order chi connectivity index (χ0) is 14.9. The zero-order valence-corrected chi connectivity index (χ0v) is 12.7. The molecule has 4 heteroatoms. The number of halogens is 1. The maximum Gasteiger partial charge on any atom is 0.152 e. The molecule has 0 fully saturated rings. The van der Waals surface area contributed by atoms with Crippen molar-refractivity contribution in [2.75, 3.05) is 13.1 Å². The number of hydrazone groups is 1. The van der Waals surface area contributed by atoms with Gasteiger partial charge in [-0.15, -0.1) is 0 Å². The molecular formula is C18H14ClN3. The summed E-state index contributed by atoms with van der Waals surface area (Å²) in [6, 6.07) is 18.1. The Kier molecular flexibility index (Phi) is 3.28. The van der Waals surface area contributed by atoms with Crippen molar-refractivity contribution in [1.82, 2.24) is 5.01 Å². The van der Waals surface area contributed by atoms with Gasteiger partial charge >= 0.3 is 0 Å². The number of benzene rings is 2. The highest BCUT2D eigenvalue weighted by Crippen LogP contribution is 2.26. The van der Waals surface area contributed by atoms with Gasteiger partial charge in [0, 0.05) is 16.2 Å². The standard InChI is InChI=1S/C18H14ClN3/c19-15-8-6-14(7-9-15)17-12-16(13-4-2-1-3-5-13)18-20-10-11-22(18)21-17/h1-9,12H,10-11H2. The van der Waals surface area contributed by atoms with Crippen molar-refractivity contribution in [3.05, 3.63) is 76.8 Å². The molecule has 0 atom stereocenters. The van der Waals surface area contributed by atoms with Crippen molar-refractivity contribution >= 4 is 28.7 Å². The molecule has 2 aliphatic rings. The number of hydrogen-bond acceptors (Lipinski definition) is 3. The molecule has 0 aromatic heterocycles. The molecule has 0 saturated carbocycles. The van der Waals surface area contributed by atoms with Crippen molar-refractivity contribution in [2.24, 2.45) is 10.1 Å². The first-order valence-corrected chi connectivity index (χ1v) is 7.63. The summed E-state index contributed by atoms with van der Waals surface area (Å²) in [5.74, 6) is 0.962. The minimum absolute atomic E-state index is 0.732. The minimum Gasteiger partial charge on any atom is -0.265 e. The van der Waals surface area contributed by atoms with E-state index in [1.54, 1.807) is 0 Å². The molecule has 2 aromatic rings. The van der Waals surface area contributed by atoms with Gasteiger partial charge in [-0.05, 0) is 23.8 Å². The summed E-state index contributed by atoms with van der Waals surface area (Å²) >= 11 is 5.98. The fraction of sp³-hybridized carbons (Fsp3) is 0.111. The van der Waals surface area contributed by atoms with Crippen molar-refractivity contribution in [3.8, 4) is 0 Å². The number of fused-ring (bicyclic) bond motifs is 1. The van der Waals surface area contributed by atoms with Crippen LogP contribution in [0.15, 0.2) is 70.8 Å². The van der Waals surface area contributed by atoms with Gasteiger partial charge in [0.25, 0.3) is 0 Å². The van der Waals surface area contributed by atoms with Crippen molar-refractivity contribution in [2.45, 2.75) is 0 Å². The molecule has 2 heterocycles. The molecule has 2 aliphatic heterocycles. The molecule has 0 bridgehead atoms. The molecule has 0 radical (unpaired) electrons. The van der Waals surface area contributed by atoms with E-state index in [1.165, 1.54) is 0 Å². The molecule has 22 heavy (non-hydrogen) atoms. The average Bonchev–Trinajstić information content (AvgIpc) is 3.04. The largest absolute Gasteiger partial charge is 0.265 e. The van der Waals surface area contributed by atoms with E-state index < -0.39 is 0 Å². The van der Waals surface area contributed by atoms with E-state index in [1.807, 2.05) is 47.5 Å². The van der Waals surface area contributed by atoms with Crippen LogP contribution < -0.4 is 0 Å². The Morgan fingerprint density at radius 1 is 0.909 bits per heavy atom. The minimum atomic E-state index is 0.732. The summed E-state index contributed by atoms with van der Waals surface area (Å²) in [6.07, 6.45) is 2.11. The SMILES string of the molecule is Clc1ccc(C2=NN3CCN=C3C(c3ccccc3)=C2)cc1. The number of rotatable bonds is 2. The number of nitrogens with zero attached hydrogens (tertiary/aromatic N) is 3. The van der Waals surface area contributed by atoms with Gasteiger partial charge in [0.05, 0.1) is 18.8 Å². The monoisotopic (exact) mass is 307 g/mol. The fourth-order valence-electron chi connectivity index (χ4n) is 2.71. The highest BCUT2D eigenvalue weighted by Gasteiger charge is 2.26. The third-order valence-corrected chi connectivity index (χ3v) is 4.05. The van der Waals surface area contributed by atoms with Gasteiger partial charge < -0.3 is 0 Å². The van der Waals surface area contributed by atoms with Crippen LogP contribution in [0.1, 0.15) is 11.1 Å². The maximum atomic E-state index is 5.98. The Morgan fingerprint density at radius 3 is 2.45 bits per heavy atom. The van der Waals surface area contributed by atoms with Crippen LogP contribution >= 0.6 is 11.6 Å². The molecule has 0 aliphatic carbocycles. The number of aliphatic imine (C=N–C) groups is 1. The Balaban J connectivity index is 1.81. The molecule has 108 valence electrons. The van der Waals surface area contributed by atoms with E-state index in [9.17, 15) is 0 Å². The molecule has 4 rings (SSSR count). The summed E-state index contributed by atoms with van der Waals surface area (Å²) in [6.45, 7) is 1.62. The second-order valence-corrected chi connectivity index (χ2v) is 5.68. The number of hydrogen-bond donors (Lipinski definition) is 0. The molecule has 3 nitrogen and oxygen atoms in total. The number of amidine groups is 1. The Morgan fingerprint density at radius 2 is 1.68 bits per heavy atom. The summed E-state index contributed by atoms with van der Waals surface area (Å²) < 4.78 is 0. The predicted octanol–water partition coefficient (Wildman–Crippen LogP) is 3.86. The first-order chi connectivity index (χ1) is 10.8. The fourth-order valence-corrected chi connectivity index (χ4v) is 2.84. The van der Waals surface area contributed by atoms with Crippen LogP contribution in [-0.2, 0) is 0 Å². The zero-order valence-electron chi connectivity index (χ0n) is 11.9. The summed E-state index contributed by atoms with van der Waals surface area (Å²) in [4.78, 5) is 4.60. The van der Waals surface area contributed by atoms with E-state index >= 15 is 0 Å². The third kappa shape index (κ3) is 2.34. The van der Waals surface area contributed by atoms with E-state index in [4.69, 9.17) is 16.7 Å². The summed E-state index contributed by atoms with van der Waals surface area (Å²) in [5.41, 5.74) is 4.28. The van der Waals surface area contributed by atoms with Gasteiger partial charge in [0.15, 0.2) is 5.84 Å². The third-order valence-electron chi connectivity index (χ3n) is 3.79. The molecule has 0 spiro atoms. The summed E-state index contributed by atoms with van der Waals surface area (Å²) in [5, 5.41) is 7.44. The topological polar surface area (TPSA) is 28.0 Å². The highest BCUT2D eigenvalue weighted by molar-refractivity contribution is 6.32. The van der Waals surface area contributed by atoms with Crippen LogP contribution in [0.3, 0.4) is 0 Å². The second-order valence-electron chi connectivity index (χ2n) is 5.24. The van der Waals surface area contributed by atoms with Gasteiger partial charge in [-0.25, -0.2) is 5.01 Å². The Hall–Kier alpha value is -2.39. The number of allylic oxidation sites excluding steroid dienone is 1. The van der Waals surface area contributed by atoms with Crippen LogP contribution in [0.5, 0.6) is 0 Å². The van der Waals surface area contributed by atoms with E-state index in [0.717, 1.165) is 46.4 Å². The first kappa shape index (κ1) is 13.3. The quantitative estimate of drug-likeness (QED) is 0.828. The molecular weight excluding hydrogens is 294 g/mol. The van der Waals surface area contributed by atoms with Crippen molar-refractivity contribution in [1.29, 1.82) is 0 Å². The second kappa shape index (κ2) is 5.43. The van der Waals surface area contributed by atoms with Crippen LogP contribution in [0.4, 0.5) is 0 Å². The van der Waals surface area contributed by atoms with Gasteiger partial charge in [-0.1, -0.05) is 54.1 Å². The highest BCUT2D eigenvalue weighted by atomic mass is 35.5. The normalized spacial score (nSPS) is 16.8. The molecule has 0 saturated heterocycles. The van der Waals surface area contributed by atoms with Gasteiger partial charge in [-0.3, -0.25) is 4.99 Å². The molecule has 0 unspecified atom stereocenters. The van der Waals surface area contributed by atoms with Crippen LogP contribution in [0.2, 0.25) is 5.02 Å². The van der Waals surface area contributed by atoms with E-state index in [0.29, 0.717) is 0 Å². The van der Waals surface area contributed by atoms with E-state index in [-0.39, 0.29) is 0 Å². The lowest BCUT2D eigenvalue weighted by atomic mass is 9.99. The summed E-state index contributed by atoms with van der Waals surface area (Å²) in [7, 11) is 0.